The third kappa shape index (κ3) is 2.88. The molecule has 0 amide bonds. The minimum Gasteiger partial charge on any atom is -0.356 e. The lowest BCUT2D eigenvalue weighted by Crippen LogP contribution is -2.46. The molecule has 5 rings (SSSR count). The molecule has 0 bridgehead atoms. The monoisotopic (exact) mass is 381 g/mol. The van der Waals surface area contributed by atoms with Gasteiger partial charge >= 0.3 is 0 Å². The molecule has 1 aromatic carbocycles. The minimum atomic E-state index is -0.314. The average molecular weight is 381 g/mol. The van der Waals surface area contributed by atoms with E-state index in [4.69, 9.17) is 4.52 Å². The molecule has 0 aliphatic carbocycles. The summed E-state index contributed by atoms with van der Waals surface area (Å²) in [5.74, 6) is 0.574. The summed E-state index contributed by atoms with van der Waals surface area (Å²) in [5, 5.41) is 5.00. The predicted octanol–water partition coefficient (Wildman–Crippen LogP) is 2.45. The Kier molecular flexibility index (Phi) is 4.16. The van der Waals surface area contributed by atoms with Crippen molar-refractivity contribution < 1.29 is 8.91 Å². The van der Waals surface area contributed by atoms with Gasteiger partial charge in [0.1, 0.15) is 17.8 Å². The van der Waals surface area contributed by atoms with Crippen molar-refractivity contribution in [3.8, 4) is 0 Å². The number of imidazole rings is 1. The second-order valence-corrected chi connectivity index (χ2v) is 6.93. The first kappa shape index (κ1) is 17.1. The molecule has 1 saturated heterocycles. The fourth-order valence-electron chi connectivity index (χ4n) is 3.74. The van der Waals surface area contributed by atoms with Crippen LogP contribution in [0.3, 0.4) is 0 Å². The van der Waals surface area contributed by atoms with Crippen LogP contribution in [0.5, 0.6) is 0 Å². The van der Waals surface area contributed by atoms with Gasteiger partial charge in [-0.2, -0.15) is 0 Å². The Balaban J connectivity index is 1.31. The summed E-state index contributed by atoms with van der Waals surface area (Å²) >= 11 is 0. The molecule has 0 spiro atoms. The first-order valence-electron chi connectivity index (χ1n) is 9.40. The third-order valence-electron chi connectivity index (χ3n) is 5.28. The molecule has 8 nitrogen and oxygen atoms in total. The normalized spacial score (nSPS) is 15.7. The van der Waals surface area contributed by atoms with Crippen LogP contribution in [0.1, 0.15) is 12.6 Å². The van der Waals surface area contributed by atoms with Crippen LogP contribution < -0.4 is 4.90 Å². The highest BCUT2D eigenvalue weighted by Gasteiger charge is 2.23. The number of benzene rings is 1. The van der Waals surface area contributed by atoms with Gasteiger partial charge in [0.05, 0.1) is 6.33 Å². The molecular weight excluding hydrogens is 361 g/mol. The number of hydrogen-bond donors (Lipinski definition) is 0. The number of fused-ring (bicyclic) bond motifs is 2. The Morgan fingerprint density at radius 3 is 2.79 bits per heavy atom. The van der Waals surface area contributed by atoms with Crippen molar-refractivity contribution in [1.82, 2.24) is 29.6 Å². The number of anilines is 1. The molecule has 4 heterocycles. The van der Waals surface area contributed by atoms with Gasteiger partial charge in [-0.1, -0.05) is 5.16 Å². The number of piperazine rings is 1. The van der Waals surface area contributed by atoms with Crippen molar-refractivity contribution >= 4 is 28.0 Å². The zero-order valence-electron chi connectivity index (χ0n) is 15.5. The first-order valence-corrected chi connectivity index (χ1v) is 9.40. The summed E-state index contributed by atoms with van der Waals surface area (Å²) < 4.78 is 20.6. The van der Waals surface area contributed by atoms with Gasteiger partial charge in [-0.15, -0.1) is 0 Å². The fraction of sp³-hybridized carbons (Fsp3) is 0.368. The van der Waals surface area contributed by atoms with Crippen molar-refractivity contribution in [1.29, 1.82) is 0 Å². The molecule has 0 N–H and O–H groups in total. The van der Waals surface area contributed by atoms with Crippen LogP contribution in [0.4, 0.5) is 10.2 Å². The van der Waals surface area contributed by atoms with Crippen LogP contribution in [-0.4, -0.2) is 55.8 Å². The number of aryl methyl sites for hydroxylation is 1. The summed E-state index contributed by atoms with van der Waals surface area (Å²) in [7, 11) is 0. The Bertz CT molecular complexity index is 1130. The van der Waals surface area contributed by atoms with E-state index in [0.29, 0.717) is 12.1 Å². The van der Waals surface area contributed by atoms with Crippen LogP contribution >= 0.6 is 0 Å². The third-order valence-corrected chi connectivity index (χ3v) is 5.28. The van der Waals surface area contributed by atoms with Gasteiger partial charge in [-0.3, -0.25) is 4.90 Å². The lowest BCUT2D eigenvalue weighted by Gasteiger charge is -2.34. The van der Waals surface area contributed by atoms with Gasteiger partial charge in [0.15, 0.2) is 22.6 Å². The van der Waals surface area contributed by atoms with Crippen molar-refractivity contribution in [3.63, 3.8) is 0 Å². The van der Waals surface area contributed by atoms with Crippen molar-refractivity contribution in [3.05, 3.63) is 42.4 Å². The van der Waals surface area contributed by atoms with Gasteiger partial charge in [-0.05, 0) is 19.1 Å². The molecule has 1 aliphatic heterocycles. The van der Waals surface area contributed by atoms with Gasteiger partial charge in [0.2, 0.25) is 0 Å². The SMILES string of the molecule is CCn1cnc2c(N3CCN(Cc4noc5cc(F)ccc45)CC3)ncnc21. The number of hydrogen-bond acceptors (Lipinski definition) is 7. The molecule has 1 fully saturated rings. The van der Waals surface area contributed by atoms with Crippen molar-refractivity contribution in [2.24, 2.45) is 0 Å². The molecule has 144 valence electrons. The lowest BCUT2D eigenvalue weighted by molar-refractivity contribution is 0.243. The van der Waals surface area contributed by atoms with Crippen LogP contribution in [0.15, 0.2) is 35.4 Å². The Labute approximate surface area is 160 Å². The van der Waals surface area contributed by atoms with Crippen LogP contribution in [0.2, 0.25) is 0 Å². The zero-order chi connectivity index (χ0) is 19.1. The Morgan fingerprint density at radius 2 is 1.96 bits per heavy atom. The summed E-state index contributed by atoms with van der Waals surface area (Å²) in [5.41, 5.74) is 3.05. The fourth-order valence-corrected chi connectivity index (χ4v) is 3.74. The quantitative estimate of drug-likeness (QED) is 0.537. The maximum Gasteiger partial charge on any atom is 0.170 e. The van der Waals surface area contributed by atoms with E-state index in [0.717, 1.165) is 60.8 Å². The van der Waals surface area contributed by atoms with E-state index in [9.17, 15) is 4.39 Å². The molecule has 9 heteroatoms. The molecular formula is C19H20FN7O. The topological polar surface area (TPSA) is 76.1 Å². The number of halogens is 1. The van der Waals surface area contributed by atoms with E-state index in [1.54, 1.807) is 12.4 Å². The largest absolute Gasteiger partial charge is 0.356 e. The summed E-state index contributed by atoms with van der Waals surface area (Å²) in [6.07, 6.45) is 3.43. The molecule has 28 heavy (non-hydrogen) atoms. The van der Waals surface area contributed by atoms with Gasteiger partial charge in [0.25, 0.3) is 0 Å². The lowest BCUT2D eigenvalue weighted by atomic mass is 10.2. The van der Waals surface area contributed by atoms with Gasteiger partial charge in [0, 0.05) is 50.7 Å². The van der Waals surface area contributed by atoms with E-state index >= 15 is 0 Å². The van der Waals surface area contributed by atoms with Crippen molar-refractivity contribution in [2.45, 2.75) is 20.0 Å². The summed E-state index contributed by atoms with van der Waals surface area (Å²) in [6.45, 7) is 7.01. The highest BCUT2D eigenvalue weighted by molar-refractivity contribution is 5.83. The summed E-state index contributed by atoms with van der Waals surface area (Å²) in [6, 6.07) is 4.55. The maximum atomic E-state index is 13.3. The second-order valence-electron chi connectivity index (χ2n) is 6.93. The summed E-state index contributed by atoms with van der Waals surface area (Å²) in [4.78, 5) is 17.9. The predicted molar refractivity (Wildman–Crippen MR) is 102 cm³/mol. The van der Waals surface area contributed by atoms with E-state index in [1.807, 2.05) is 10.9 Å². The molecule has 3 aromatic heterocycles. The van der Waals surface area contributed by atoms with Crippen molar-refractivity contribution in [2.75, 3.05) is 31.1 Å². The second kappa shape index (κ2) is 6.83. The van der Waals surface area contributed by atoms with Crippen LogP contribution in [0.25, 0.3) is 22.1 Å². The molecule has 0 unspecified atom stereocenters. The average Bonchev–Trinajstić information content (AvgIpc) is 3.32. The van der Waals surface area contributed by atoms with E-state index in [2.05, 4.69) is 36.8 Å². The molecule has 0 saturated carbocycles. The standard InChI is InChI=1S/C19H20FN7O/c1-2-26-12-23-17-18(26)21-11-22-19(17)27-7-5-25(6-8-27)10-15-14-4-3-13(20)9-16(14)28-24-15/h3-4,9,11-12H,2,5-8,10H2,1H3. The Morgan fingerprint density at radius 1 is 1.11 bits per heavy atom. The van der Waals surface area contributed by atoms with Gasteiger partial charge in [-0.25, -0.2) is 19.3 Å². The Hall–Kier alpha value is -3.07. The van der Waals surface area contributed by atoms with Crippen LogP contribution in [0, 0.1) is 5.82 Å². The van der Waals surface area contributed by atoms with Crippen LogP contribution in [-0.2, 0) is 13.1 Å². The highest BCUT2D eigenvalue weighted by Crippen LogP contribution is 2.24. The minimum absolute atomic E-state index is 0.314. The maximum absolute atomic E-state index is 13.3. The first-order chi connectivity index (χ1) is 13.7. The van der Waals surface area contributed by atoms with E-state index in [-0.39, 0.29) is 5.82 Å². The number of nitrogens with zero attached hydrogens (tertiary/aromatic N) is 7. The van der Waals surface area contributed by atoms with E-state index < -0.39 is 0 Å². The smallest absolute Gasteiger partial charge is 0.170 e. The molecule has 4 aromatic rings. The van der Waals surface area contributed by atoms with E-state index in [1.165, 1.54) is 12.1 Å². The molecule has 0 atom stereocenters. The molecule has 0 radical (unpaired) electrons. The zero-order valence-corrected chi connectivity index (χ0v) is 15.5. The number of aromatic nitrogens is 5. The number of rotatable bonds is 4. The molecule has 1 aliphatic rings. The van der Waals surface area contributed by atoms with Gasteiger partial charge < -0.3 is 14.0 Å². The highest BCUT2D eigenvalue weighted by atomic mass is 19.1.